The Morgan fingerprint density at radius 2 is 1.92 bits per heavy atom. The van der Waals surface area contributed by atoms with Gasteiger partial charge in [-0.05, 0) is 37.8 Å². The van der Waals surface area contributed by atoms with Crippen molar-refractivity contribution in [1.29, 1.82) is 0 Å². The first kappa shape index (κ1) is 18.8. The Morgan fingerprint density at radius 1 is 1.12 bits per heavy atom. The van der Waals surface area contributed by atoms with Crippen LogP contribution in [0.1, 0.15) is 44.6 Å². The molecule has 2 rings (SSSR count). The zero-order valence-corrected chi connectivity index (χ0v) is 15.3. The van der Waals surface area contributed by atoms with E-state index in [1.165, 1.54) is 0 Å². The summed E-state index contributed by atoms with van der Waals surface area (Å²) in [6, 6.07) is 7.95. The number of nitrogens with one attached hydrogen (secondary N) is 1. The molecule has 0 radical (unpaired) electrons. The Balaban J connectivity index is 2.11. The number of hydrazone groups is 1. The third kappa shape index (κ3) is 6.14. The Labute approximate surface area is 150 Å². The van der Waals surface area contributed by atoms with Gasteiger partial charge in [0.05, 0.1) is 0 Å². The van der Waals surface area contributed by atoms with E-state index in [0.717, 1.165) is 62.5 Å². The number of pyridine rings is 1. The van der Waals surface area contributed by atoms with E-state index in [0.29, 0.717) is 5.82 Å². The first-order valence-electron chi connectivity index (χ1n) is 9.01. The number of nitrogens with zero attached hydrogens (tertiary/aromatic N) is 5. The van der Waals surface area contributed by atoms with Gasteiger partial charge in [-0.3, -0.25) is 10.4 Å². The third-order valence-corrected chi connectivity index (χ3v) is 3.82. The Bertz CT molecular complexity index is 638. The molecule has 1 N–H and O–H groups in total. The average Bonchev–Trinajstić information content (AvgIpc) is 2.62. The van der Waals surface area contributed by atoms with E-state index in [1.54, 1.807) is 0 Å². The Hall–Kier alpha value is -2.50. The average molecular weight is 340 g/mol. The molecule has 0 spiro atoms. The van der Waals surface area contributed by atoms with Crippen molar-refractivity contribution < 1.29 is 0 Å². The number of hydrogen-bond donors (Lipinski definition) is 1. The van der Waals surface area contributed by atoms with Crippen molar-refractivity contribution >= 4 is 18.4 Å². The molecule has 0 aliphatic carbocycles. The molecule has 2 aromatic rings. The minimum atomic E-state index is 0.699. The van der Waals surface area contributed by atoms with Gasteiger partial charge in [0.25, 0.3) is 0 Å². The molecule has 0 unspecified atom stereocenters. The fourth-order valence-corrected chi connectivity index (χ4v) is 2.75. The van der Waals surface area contributed by atoms with Gasteiger partial charge in [-0.25, -0.2) is 9.97 Å². The van der Waals surface area contributed by atoms with E-state index in [-0.39, 0.29) is 0 Å². The van der Waals surface area contributed by atoms with Crippen LogP contribution in [0.3, 0.4) is 0 Å². The largest absolute Gasteiger partial charge is 0.356 e. The van der Waals surface area contributed by atoms with Crippen LogP contribution in [0.5, 0.6) is 0 Å². The predicted molar refractivity (Wildman–Crippen MR) is 104 cm³/mol. The van der Waals surface area contributed by atoms with Gasteiger partial charge in [0.2, 0.25) is 0 Å². The summed E-state index contributed by atoms with van der Waals surface area (Å²) in [5.74, 6) is 2.49. The molecule has 0 saturated heterocycles. The van der Waals surface area contributed by atoms with Crippen LogP contribution in [0.15, 0.2) is 35.6 Å². The second-order valence-electron chi connectivity index (χ2n) is 5.96. The van der Waals surface area contributed by atoms with Gasteiger partial charge in [0.15, 0.2) is 5.82 Å². The van der Waals surface area contributed by atoms with Crippen LogP contribution < -0.4 is 10.3 Å². The number of anilines is 2. The van der Waals surface area contributed by atoms with Gasteiger partial charge in [0, 0.05) is 44.2 Å². The van der Waals surface area contributed by atoms with Crippen LogP contribution in [0.2, 0.25) is 0 Å². The van der Waals surface area contributed by atoms with E-state index in [1.807, 2.05) is 24.4 Å². The maximum Gasteiger partial charge on any atom is 0.152 e. The molecule has 0 saturated carbocycles. The van der Waals surface area contributed by atoms with Crippen molar-refractivity contribution in [2.75, 3.05) is 23.4 Å². The van der Waals surface area contributed by atoms with E-state index < -0.39 is 0 Å². The van der Waals surface area contributed by atoms with Crippen molar-refractivity contribution in [3.05, 3.63) is 42.0 Å². The van der Waals surface area contributed by atoms with Crippen LogP contribution in [0, 0.1) is 0 Å². The van der Waals surface area contributed by atoms with Crippen molar-refractivity contribution in [1.82, 2.24) is 15.0 Å². The highest BCUT2D eigenvalue weighted by molar-refractivity contribution is 5.50. The minimum Gasteiger partial charge on any atom is -0.356 e. The maximum absolute atomic E-state index is 4.78. The third-order valence-electron chi connectivity index (χ3n) is 3.82. The first-order chi connectivity index (χ1) is 12.3. The maximum atomic E-state index is 4.78. The summed E-state index contributed by atoms with van der Waals surface area (Å²) in [7, 11) is 0. The Kier molecular flexibility index (Phi) is 7.82. The van der Waals surface area contributed by atoms with Gasteiger partial charge in [-0.2, -0.15) is 5.10 Å². The van der Waals surface area contributed by atoms with E-state index in [4.69, 9.17) is 4.98 Å². The van der Waals surface area contributed by atoms with Crippen LogP contribution in [-0.4, -0.2) is 34.8 Å². The molecular formula is C19H28N6. The zero-order chi connectivity index (χ0) is 17.9. The zero-order valence-electron chi connectivity index (χ0n) is 15.3. The molecule has 134 valence electrons. The van der Waals surface area contributed by atoms with Crippen LogP contribution in [-0.2, 0) is 12.8 Å². The van der Waals surface area contributed by atoms with Crippen LogP contribution >= 0.6 is 0 Å². The second kappa shape index (κ2) is 10.4. The summed E-state index contributed by atoms with van der Waals surface area (Å²) in [4.78, 5) is 16.0. The summed E-state index contributed by atoms with van der Waals surface area (Å²) in [6.07, 6.45) is 6.69. The Morgan fingerprint density at radius 3 is 2.56 bits per heavy atom. The van der Waals surface area contributed by atoms with Crippen molar-refractivity contribution in [3.8, 4) is 0 Å². The molecule has 25 heavy (non-hydrogen) atoms. The lowest BCUT2D eigenvalue weighted by Crippen LogP contribution is -2.26. The standard InChI is InChI=1S/C19H28N6/c1-4-13-25(14-5-2)19-15-18(24-20-3)22-17(23-19)11-8-10-16-9-6-7-12-21-16/h6-7,9,12,15H,3-5,8,10-11,13-14H2,1-2H3,(H,22,23,24). The molecule has 0 fully saturated rings. The summed E-state index contributed by atoms with van der Waals surface area (Å²) in [5, 5.41) is 3.75. The summed E-state index contributed by atoms with van der Waals surface area (Å²) in [6.45, 7) is 9.83. The van der Waals surface area contributed by atoms with Crippen LogP contribution in [0.25, 0.3) is 0 Å². The molecular weight excluding hydrogens is 312 g/mol. The molecule has 2 heterocycles. The second-order valence-corrected chi connectivity index (χ2v) is 5.96. The molecule has 2 aromatic heterocycles. The number of rotatable bonds is 11. The van der Waals surface area contributed by atoms with Gasteiger partial charge in [-0.15, -0.1) is 0 Å². The van der Waals surface area contributed by atoms with Gasteiger partial charge < -0.3 is 4.90 Å². The van der Waals surface area contributed by atoms with Crippen LogP contribution in [0.4, 0.5) is 11.6 Å². The van der Waals surface area contributed by atoms with Gasteiger partial charge >= 0.3 is 0 Å². The summed E-state index contributed by atoms with van der Waals surface area (Å²) >= 11 is 0. The quantitative estimate of drug-likeness (QED) is 0.499. The van der Waals surface area contributed by atoms with Crippen molar-refractivity contribution in [2.24, 2.45) is 5.10 Å². The fraction of sp³-hybridized carbons (Fsp3) is 0.474. The number of aromatic nitrogens is 3. The molecule has 0 atom stereocenters. The molecule has 0 amide bonds. The SMILES string of the molecule is C=NNc1cc(N(CCC)CCC)nc(CCCc2ccccn2)n1. The van der Waals surface area contributed by atoms with Crippen molar-refractivity contribution in [3.63, 3.8) is 0 Å². The van der Waals surface area contributed by atoms with Gasteiger partial charge in [-0.1, -0.05) is 19.9 Å². The van der Waals surface area contributed by atoms with E-state index in [9.17, 15) is 0 Å². The monoisotopic (exact) mass is 340 g/mol. The first-order valence-corrected chi connectivity index (χ1v) is 9.01. The van der Waals surface area contributed by atoms with Crippen molar-refractivity contribution in [2.45, 2.75) is 46.0 Å². The highest BCUT2D eigenvalue weighted by atomic mass is 15.3. The number of aryl methyl sites for hydroxylation is 2. The minimum absolute atomic E-state index is 0.699. The predicted octanol–water partition coefficient (Wildman–Crippen LogP) is 3.70. The lowest BCUT2D eigenvalue weighted by Gasteiger charge is -2.23. The normalized spacial score (nSPS) is 10.5. The lowest BCUT2D eigenvalue weighted by atomic mass is 10.1. The summed E-state index contributed by atoms with van der Waals surface area (Å²) in [5.41, 5.74) is 3.96. The number of hydrogen-bond acceptors (Lipinski definition) is 6. The molecule has 6 nitrogen and oxygen atoms in total. The highest BCUT2D eigenvalue weighted by Crippen LogP contribution is 2.18. The van der Waals surface area contributed by atoms with Gasteiger partial charge in [0.1, 0.15) is 11.6 Å². The fourth-order valence-electron chi connectivity index (χ4n) is 2.75. The molecule has 0 aliphatic rings. The molecule has 0 bridgehead atoms. The lowest BCUT2D eigenvalue weighted by molar-refractivity contribution is 0.715. The summed E-state index contributed by atoms with van der Waals surface area (Å²) < 4.78 is 0. The molecule has 0 aliphatic heterocycles. The molecule has 0 aromatic carbocycles. The van der Waals surface area contributed by atoms with E-state index >= 15 is 0 Å². The highest BCUT2D eigenvalue weighted by Gasteiger charge is 2.11. The topological polar surface area (TPSA) is 66.3 Å². The smallest absolute Gasteiger partial charge is 0.152 e. The molecule has 6 heteroatoms. The van der Waals surface area contributed by atoms with E-state index in [2.05, 4.69) is 52.0 Å².